The molecule has 20 heavy (non-hydrogen) atoms. The van der Waals surface area contributed by atoms with Crippen molar-refractivity contribution in [2.45, 2.75) is 25.4 Å². The first-order valence-corrected chi connectivity index (χ1v) is 8.77. The van der Waals surface area contributed by atoms with Gasteiger partial charge in [0.2, 0.25) is 0 Å². The van der Waals surface area contributed by atoms with Gasteiger partial charge in [-0.3, -0.25) is 4.99 Å². The van der Waals surface area contributed by atoms with Gasteiger partial charge in [-0.05, 0) is 41.3 Å². The van der Waals surface area contributed by atoms with Crippen LogP contribution in [0.1, 0.15) is 24.1 Å². The summed E-state index contributed by atoms with van der Waals surface area (Å²) in [6.07, 6.45) is 1.05. The molecule has 2 aromatic rings. The van der Waals surface area contributed by atoms with E-state index in [0.29, 0.717) is 12.1 Å². The maximum absolute atomic E-state index is 4.80. The van der Waals surface area contributed by atoms with Gasteiger partial charge in [-0.1, -0.05) is 42.1 Å². The van der Waals surface area contributed by atoms with Crippen LogP contribution in [-0.4, -0.2) is 17.0 Å². The van der Waals surface area contributed by atoms with Crippen molar-refractivity contribution in [3.8, 4) is 0 Å². The highest BCUT2D eigenvalue weighted by Crippen LogP contribution is 2.29. The van der Waals surface area contributed by atoms with Gasteiger partial charge in [-0.15, -0.1) is 0 Å². The van der Waals surface area contributed by atoms with Gasteiger partial charge in [0.1, 0.15) is 0 Å². The van der Waals surface area contributed by atoms with Crippen LogP contribution < -0.4 is 5.32 Å². The number of nitrogens with one attached hydrogen (secondary N) is 1. The van der Waals surface area contributed by atoms with Gasteiger partial charge in [0, 0.05) is 11.8 Å². The zero-order valence-corrected chi connectivity index (χ0v) is 13.1. The standard InChI is InChI=1S/C16H18N2S2/c1-12(9-13-7-8-19-10-13)17-16-18-15(11-20-16)14-5-3-2-4-6-14/h2-8,10,12,15H,9,11H2,1H3,(H,17,18). The molecule has 2 unspecified atom stereocenters. The molecule has 0 spiro atoms. The van der Waals surface area contributed by atoms with E-state index in [0.717, 1.165) is 17.3 Å². The fourth-order valence-electron chi connectivity index (χ4n) is 2.32. The van der Waals surface area contributed by atoms with Gasteiger partial charge >= 0.3 is 0 Å². The number of aliphatic imine (C=N–C) groups is 1. The molecular weight excluding hydrogens is 284 g/mol. The van der Waals surface area contributed by atoms with E-state index in [4.69, 9.17) is 4.99 Å². The molecule has 0 fully saturated rings. The first-order chi connectivity index (χ1) is 9.81. The molecule has 4 heteroatoms. The monoisotopic (exact) mass is 302 g/mol. The Morgan fingerprint density at radius 2 is 2.15 bits per heavy atom. The van der Waals surface area contributed by atoms with Gasteiger partial charge in [-0.25, -0.2) is 0 Å². The molecule has 2 atom stereocenters. The minimum Gasteiger partial charge on any atom is -0.362 e. The number of rotatable bonds is 4. The Balaban J connectivity index is 1.58. The molecule has 1 N–H and O–H groups in total. The van der Waals surface area contributed by atoms with E-state index < -0.39 is 0 Å². The van der Waals surface area contributed by atoms with Crippen LogP contribution in [0, 0.1) is 0 Å². The molecule has 1 aliphatic heterocycles. The first kappa shape index (κ1) is 13.7. The van der Waals surface area contributed by atoms with Crippen LogP contribution in [-0.2, 0) is 6.42 Å². The van der Waals surface area contributed by atoms with Crippen LogP contribution in [0.25, 0.3) is 0 Å². The normalized spacial score (nSPS) is 19.6. The number of hydrogen-bond acceptors (Lipinski definition) is 4. The molecule has 0 bridgehead atoms. The maximum Gasteiger partial charge on any atom is 0.157 e. The molecule has 0 amide bonds. The quantitative estimate of drug-likeness (QED) is 0.919. The highest BCUT2D eigenvalue weighted by Gasteiger charge is 2.20. The van der Waals surface area contributed by atoms with Gasteiger partial charge < -0.3 is 5.32 Å². The fourth-order valence-corrected chi connectivity index (χ4v) is 4.07. The second-order valence-electron chi connectivity index (χ2n) is 5.05. The Bertz CT molecular complexity index is 563. The summed E-state index contributed by atoms with van der Waals surface area (Å²) in [6, 6.07) is 13.5. The van der Waals surface area contributed by atoms with E-state index in [1.807, 2.05) is 11.8 Å². The van der Waals surface area contributed by atoms with E-state index in [1.54, 1.807) is 11.3 Å². The maximum atomic E-state index is 4.80. The lowest BCUT2D eigenvalue weighted by atomic mass is 10.1. The lowest BCUT2D eigenvalue weighted by Crippen LogP contribution is -2.31. The summed E-state index contributed by atoms with van der Waals surface area (Å²) in [6.45, 7) is 2.22. The van der Waals surface area contributed by atoms with Gasteiger partial charge in [0.25, 0.3) is 0 Å². The van der Waals surface area contributed by atoms with Crippen LogP contribution in [0.5, 0.6) is 0 Å². The Morgan fingerprint density at radius 1 is 1.30 bits per heavy atom. The van der Waals surface area contributed by atoms with Gasteiger partial charge in [-0.2, -0.15) is 11.3 Å². The summed E-state index contributed by atoms with van der Waals surface area (Å²) in [5, 5.41) is 8.97. The first-order valence-electron chi connectivity index (χ1n) is 6.84. The van der Waals surface area contributed by atoms with Crippen molar-refractivity contribution in [2.75, 3.05) is 5.75 Å². The molecule has 1 aliphatic rings. The molecule has 0 aliphatic carbocycles. The minimum absolute atomic E-state index is 0.303. The predicted octanol–water partition coefficient (Wildman–Crippen LogP) is 4.11. The third-order valence-electron chi connectivity index (χ3n) is 3.33. The third-order valence-corrected chi connectivity index (χ3v) is 5.04. The molecule has 0 saturated heterocycles. The van der Waals surface area contributed by atoms with Crippen molar-refractivity contribution in [1.82, 2.24) is 5.32 Å². The molecule has 104 valence electrons. The smallest absolute Gasteiger partial charge is 0.157 e. The van der Waals surface area contributed by atoms with Crippen molar-refractivity contribution in [3.63, 3.8) is 0 Å². The molecule has 2 nitrogen and oxygen atoms in total. The molecule has 1 aromatic carbocycles. The summed E-state index contributed by atoms with van der Waals surface area (Å²) >= 11 is 3.59. The van der Waals surface area contributed by atoms with Crippen molar-refractivity contribution < 1.29 is 0 Å². The van der Waals surface area contributed by atoms with Gasteiger partial charge in [0.15, 0.2) is 5.17 Å². The zero-order chi connectivity index (χ0) is 13.8. The molecule has 0 saturated carbocycles. The Labute approximate surface area is 128 Å². The van der Waals surface area contributed by atoms with E-state index >= 15 is 0 Å². The number of thioether (sulfide) groups is 1. The Morgan fingerprint density at radius 3 is 2.90 bits per heavy atom. The topological polar surface area (TPSA) is 24.4 Å². The van der Waals surface area contributed by atoms with E-state index in [-0.39, 0.29) is 0 Å². The lowest BCUT2D eigenvalue weighted by molar-refractivity contribution is 0.663. The second kappa shape index (κ2) is 6.46. The SMILES string of the molecule is CC(Cc1ccsc1)NC1=NC(c2ccccc2)CS1. The number of thiophene rings is 1. The van der Waals surface area contributed by atoms with Crippen molar-refractivity contribution in [2.24, 2.45) is 4.99 Å². The van der Waals surface area contributed by atoms with E-state index in [2.05, 4.69) is 59.4 Å². The van der Waals surface area contributed by atoms with Gasteiger partial charge in [0.05, 0.1) is 6.04 Å². The summed E-state index contributed by atoms with van der Waals surface area (Å²) in [7, 11) is 0. The average Bonchev–Trinajstić information content (AvgIpc) is 3.11. The van der Waals surface area contributed by atoms with E-state index in [1.165, 1.54) is 11.1 Å². The second-order valence-corrected chi connectivity index (χ2v) is 6.84. The van der Waals surface area contributed by atoms with Crippen LogP contribution >= 0.6 is 23.1 Å². The zero-order valence-electron chi connectivity index (χ0n) is 11.5. The predicted molar refractivity (Wildman–Crippen MR) is 89.7 cm³/mol. The third kappa shape index (κ3) is 3.44. The Kier molecular flexibility index (Phi) is 4.43. The lowest BCUT2D eigenvalue weighted by Gasteiger charge is -2.13. The molecule has 3 rings (SSSR count). The molecule has 1 aromatic heterocycles. The minimum atomic E-state index is 0.303. The summed E-state index contributed by atoms with van der Waals surface area (Å²) in [5.74, 6) is 1.04. The largest absolute Gasteiger partial charge is 0.362 e. The summed E-state index contributed by atoms with van der Waals surface area (Å²) < 4.78 is 0. The molecule has 0 radical (unpaired) electrons. The Hall–Kier alpha value is -1.26. The average molecular weight is 302 g/mol. The highest BCUT2D eigenvalue weighted by atomic mass is 32.2. The van der Waals surface area contributed by atoms with Crippen LogP contribution in [0.15, 0.2) is 52.2 Å². The summed E-state index contributed by atoms with van der Waals surface area (Å²) in [5.41, 5.74) is 2.71. The highest BCUT2D eigenvalue weighted by molar-refractivity contribution is 8.14. The summed E-state index contributed by atoms with van der Waals surface area (Å²) in [4.78, 5) is 4.80. The fraction of sp³-hybridized carbons (Fsp3) is 0.312. The van der Waals surface area contributed by atoms with Crippen LogP contribution in [0.4, 0.5) is 0 Å². The van der Waals surface area contributed by atoms with Crippen LogP contribution in [0.2, 0.25) is 0 Å². The molecular formula is C16H18N2S2. The number of amidine groups is 1. The van der Waals surface area contributed by atoms with Crippen molar-refractivity contribution in [3.05, 3.63) is 58.3 Å². The molecule has 2 heterocycles. The number of hydrogen-bond donors (Lipinski definition) is 1. The number of nitrogens with zero attached hydrogens (tertiary/aromatic N) is 1. The van der Waals surface area contributed by atoms with Crippen molar-refractivity contribution in [1.29, 1.82) is 0 Å². The van der Waals surface area contributed by atoms with Crippen LogP contribution in [0.3, 0.4) is 0 Å². The van der Waals surface area contributed by atoms with E-state index in [9.17, 15) is 0 Å². The number of benzene rings is 1. The van der Waals surface area contributed by atoms with Crippen molar-refractivity contribution >= 4 is 28.3 Å².